The van der Waals surface area contributed by atoms with Crippen LogP contribution in [0.1, 0.15) is 115 Å². The van der Waals surface area contributed by atoms with Crippen molar-refractivity contribution in [1.82, 2.24) is 31.9 Å². The lowest BCUT2D eigenvalue weighted by atomic mass is 9.94. The molecule has 0 aromatic heterocycles. The molecule has 0 bridgehead atoms. The van der Waals surface area contributed by atoms with Crippen LogP contribution in [0.15, 0.2) is 30.3 Å². The molecule has 0 aliphatic carbocycles. The number of carbonyl (C=O) groups is 7. The van der Waals surface area contributed by atoms with Gasteiger partial charge in [-0.1, -0.05) is 84.7 Å². The predicted molar refractivity (Wildman–Crippen MR) is 214 cm³/mol. The highest BCUT2D eigenvalue weighted by Gasteiger charge is 2.40. The van der Waals surface area contributed by atoms with Gasteiger partial charge in [0.1, 0.15) is 40.8 Å². The number of carbonyl (C=O) groups excluding carboxylic acids is 7. The Morgan fingerprint density at radius 2 is 1.07 bits per heavy atom. The Bertz CT molecular complexity index is 1510. The van der Waals surface area contributed by atoms with E-state index < -0.39 is 82.4 Å². The van der Waals surface area contributed by atoms with Gasteiger partial charge in [0.05, 0.1) is 7.11 Å². The predicted octanol–water partition coefficient (Wildman–Crippen LogP) is 3.68. The number of ether oxygens (including phenoxy) is 2. The van der Waals surface area contributed by atoms with Crippen LogP contribution < -0.4 is 31.9 Å². The van der Waals surface area contributed by atoms with Gasteiger partial charge in [0.2, 0.25) is 29.5 Å². The van der Waals surface area contributed by atoms with E-state index in [1.807, 2.05) is 58.0 Å². The van der Waals surface area contributed by atoms with E-state index in [1.54, 1.807) is 34.6 Å². The molecule has 0 aliphatic heterocycles. The van der Waals surface area contributed by atoms with Crippen molar-refractivity contribution in [3.05, 3.63) is 35.9 Å². The number of hydrogen-bond acceptors (Lipinski definition) is 9. The second-order valence-electron chi connectivity index (χ2n) is 17.0. The smallest absolute Gasteiger partial charge is 0.408 e. The van der Waals surface area contributed by atoms with E-state index >= 15 is 0 Å². The third-order valence-corrected chi connectivity index (χ3v) is 9.37. The molecule has 6 atom stereocenters. The number of esters is 1. The Morgan fingerprint density at radius 1 is 0.625 bits per heavy atom. The summed E-state index contributed by atoms with van der Waals surface area (Å²) < 4.78 is 10.3. The topological polar surface area (TPSA) is 210 Å². The minimum atomic E-state index is -1.53. The van der Waals surface area contributed by atoms with Crippen LogP contribution in [0.25, 0.3) is 0 Å². The van der Waals surface area contributed by atoms with Crippen LogP contribution in [-0.2, 0) is 44.7 Å². The summed E-state index contributed by atoms with van der Waals surface area (Å²) in [5.41, 5.74) is -3.04. The van der Waals surface area contributed by atoms with E-state index in [9.17, 15) is 33.6 Å². The van der Waals surface area contributed by atoms with Crippen molar-refractivity contribution in [1.29, 1.82) is 0 Å². The van der Waals surface area contributed by atoms with Crippen molar-refractivity contribution < 1.29 is 43.0 Å². The molecule has 0 spiro atoms. The largest absolute Gasteiger partial charge is 0.467 e. The van der Waals surface area contributed by atoms with Crippen LogP contribution in [0, 0.1) is 17.8 Å². The average molecular weight is 789 g/mol. The highest BCUT2D eigenvalue weighted by atomic mass is 16.6. The van der Waals surface area contributed by atoms with Crippen molar-refractivity contribution in [3.63, 3.8) is 0 Å². The quantitative estimate of drug-likeness (QED) is 0.106. The van der Waals surface area contributed by atoms with Gasteiger partial charge >= 0.3 is 12.1 Å². The van der Waals surface area contributed by atoms with E-state index in [1.165, 1.54) is 34.8 Å². The first kappa shape index (κ1) is 49.3. The number of alkyl carbamates (subject to hydrolysis) is 1. The summed E-state index contributed by atoms with van der Waals surface area (Å²) in [5, 5.41) is 16.3. The lowest BCUT2D eigenvalue weighted by molar-refractivity contribution is -0.146. The van der Waals surface area contributed by atoms with Gasteiger partial charge in [-0.2, -0.15) is 0 Å². The third-order valence-electron chi connectivity index (χ3n) is 9.37. The summed E-state index contributed by atoms with van der Waals surface area (Å²) >= 11 is 0. The fraction of sp³-hybridized carbons (Fsp3) is 0.683. The van der Waals surface area contributed by atoms with Crippen molar-refractivity contribution in [2.75, 3.05) is 7.11 Å². The second kappa shape index (κ2) is 21.6. The Hall–Kier alpha value is -4.69. The number of hydrogen-bond donors (Lipinski definition) is 6. The van der Waals surface area contributed by atoms with Gasteiger partial charge in [0.25, 0.3) is 0 Å². The maximum Gasteiger partial charge on any atom is 0.408 e. The fourth-order valence-corrected chi connectivity index (χ4v) is 5.54. The maximum absolute atomic E-state index is 13.9. The van der Waals surface area contributed by atoms with Gasteiger partial charge < -0.3 is 41.4 Å². The van der Waals surface area contributed by atoms with Crippen molar-refractivity contribution in [2.45, 2.75) is 157 Å². The summed E-state index contributed by atoms with van der Waals surface area (Å²) in [6.07, 6.45) is 0.634. The first-order chi connectivity index (χ1) is 25.8. The van der Waals surface area contributed by atoms with Gasteiger partial charge in [-0.25, -0.2) is 9.59 Å². The third kappa shape index (κ3) is 16.2. The van der Waals surface area contributed by atoms with Gasteiger partial charge in [-0.15, -0.1) is 0 Å². The number of nitrogens with one attached hydrogen (secondary N) is 6. The van der Waals surface area contributed by atoms with Gasteiger partial charge in [-0.05, 0) is 78.2 Å². The molecule has 0 unspecified atom stereocenters. The first-order valence-corrected chi connectivity index (χ1v) is 19.5. The van der Waals surface area contributed by atoms with Crippen LogP contribution in [-0.4, -0.2) is 89.6 Å². The lowest BCUT2D eigenvalue weighted by Crippen LogP contribution is -2.64. The van der Waals surface area contributed by atoms with Crippen molar-refractivity contribution in [2.24, 2.45) is 17.8 Å². The number of rotatable bonds is 20. The van der Waals surface area contributed by atoms with Crippen LogP contribution >= 0.6 is 0 Å². The molecule has 0 heterocycles. The van der Waals surface area contributed by atoms with Gasteiger partial charge in [-0.3, -0.25) is 24.0 Å². The molecule has 316 valence electrons. The summed E-state index contributed by atoms with van der Waals surface area (Å²) in [7, 11) is 1.22. The van der Waals surface area contributed by atoms with Gasteiger partial charge in [0, 0.05) is 6.42 Å². The van der Waals surface area contributed by atoms with Crippen LogP contribution in [0.2, 0.25) is 0 Å². The van der Waals surface area contributed by atoms with Crippen molar-refractivity contribution >= 4 is 41.6 Å². The zero-order valence-electron chi connectivity index (χ0n) is 35.9. The van der Waals surface area contributed by atoms with Crippen LogP contribution in [0.5, 0.6) is 0 Å². The molecule has 1 rings (SSSR count). The molecular weight excluding hydrogens is 720 g/mol. The molecule has 0 saturated heterocycles. The molecule has 1 aromatic rings. The Kier molecular flexibility index (Phi) is 19.0. The normalized spacial score (nSPS) is 15.1. The lowest BCUT2D eigenvalue weighted by Gasteiger charge is -2.33. The van der Waals surface area contributed by atoms with Crippen LogP contribution in [0.4, 0.5) is 4.79 Å². The molecule has 6 amide bonds. The average Bonchev–Trinajstić information content (AvgIpc) is 3.09. The highest BCUT2D eigenvalue weighted by Crippen LogP contribution is 2.17. The Balaban J connectivity index is 3.20. The molecule has 0 radical (unpaired) electrons. The Labute approximate surface area is 333 Å². The summed E-state index contributed by atoms with van der Waals surface area (Å²) in [6, 6.07) is 4.86. The highest BCUT2D eigenvalue weighted by molar-refractivity contribution is 5.98. The monoisotopic (exact) mass is 789 g/mol. The molecule has 6 N–H and O–H groups in total. The number of benzene rings is 1. The molecule has 0 aliphatic rings. The zero-order chi connectivity index (χ0) is 43.2. The summed E-state index contributed by atoms with van der Waals surface area (Å²) in [6.45, 7) is 22.1. The van der Waals surface area contributed by atoms with E-state index in [0.29, 0.717) is 12.8 Å². The van der Waals surface area contributed by atoms with E-state index in [2.05, 4.69) is 31.9 Å². The molecule has 0 fully saturated rings. The zero-order valence-corrected chi connectivity index (χ0v) is 35.9. The number of methoxy groups -OCH3 is 1. The maximum atomic E-state index is 13.9. The number of amides is 6. The van der Waals surface area contributed by atoms with Crippen molar-refractivity contribution in [3.8, 4) is 0 Å². The van der Waals surface area contributed by atoms with Gasteiger partial charge in [0.15, 0.2) is 0 Å². The van der Waals surface area contributed by atoms with E-state index in [4.69, 9.17) is 9.47 Å². The minimum Gasteiger partial charge on any atom is -0.467 e. The molecule has 56 heavy (non-hydrogen) atoms. The molecule has 1 aromatic carbocycles. The fourth-order valence-electron chi connectivity index (χ4n) is 5.54. The standard InChI is InChI=1S/C41H68N6O9/c1-15-25(5)30(33(49)46-41(12,13)37(53)43-29(35(51)55-14)23-27-20-18-17-19-21-27)44-32(48)28(22-24(3)4)42-36(52)40(10,11)47-34(50)31(26(6)16-2)45-38(54)56-39(7,8)9/h17-21,24-26,28-31H,15-16,22-23H2,1-14H3,(H,42,52)(H,43,53)(H,44,48)(H,45,54)(H,46,49)(H,47,50)/t25-,26-,28-,29-,30-,31-/m0/s1. The second-order valence-corrected chi connectivity index (χ2v) is 17.0. The minimum absolute atomic E-state index is 0.0614. The molecule has 15 nitrogen and oxygen atoms in total. The van der Waals surface area contributed by atoms with Crippen LogP contribution in [0.3, 0.4) is 0 Å². The van der Waals surface area contributed by atoms with E-state index in [-0.39, 0.29) is 30.6 Å². The Morgan fingerprint density at radius 3 is 1.48 bits per heavy atom. The SMILES string of the molecule is CC[C@H](C)[C@H](NC(=O)OC(C)(C)C)C(=O)NC(C)(C)C(=O)N[C@@H](CC(C)C)C(=O)N[C@H](C(=O)NC(C)(C)C(=O)N[C@@H](Cc1ccccc1)C(=O)OC)[C@@H](C)CC. The molecule has 15 heteroatoms. The molecular formula is C41H68N6O9. The summed E-state index contributed by atoms with van der Waals surface area (Å²) in [4.78, 5) is 93.7. The van der Waals surface area contributed by atoms with E-state index in [0.717, 1.165) is 5.56 Å². The molecule has 0 saturated carbocycles. The summed E-state index contributed by atoms with van der Waals surface area (Å²) in [5.74, 6) is -4.58. The first-order valence-electron chi connectivity index (χ1n) is 19.5.